The Hall–Kier alpha value is -1.40. The molecule has 0 saturated carbocycles. The average molecular weight is 283 g/mol. The molecule has 0 unspecified atom stereocenters. The van der Waals surface area contributed by atoms with Gasteiger partial charge in [-0.15, -0.1) is 11.3 Å². The third-order valence-corrected chi connectivity index (χ3v) is 4.27. The molecule has 1 amide bonds. The van der Waals surface area contributed by atoms with Crippen LogP contribution in [0.2, 0.25) is 0 Å². The third kappa shape index (κ3) is 3.54. The highest BCUT2D eigenvalue weighted by Crippen LogP contribution is 2.20. The van der Waals surface area contributed by atoms with Crippen molar-refractivity contribution in [1.29, 1.82) is 0 Å². The van der Waals surface area contributed by atoms with Crippen LogP contribution >= 0.6 is 11.3 Å². The van der Waals surface area contributed by atoms with Gasteiger partial charge in [0.1, 0.15) is 0 Å². The number of thiophene rings is 1. The number of carboxylic acids is 1. The maximum Gasteiger partial charge on any atom is 0.306 e. The average Bonchev–Trinajstić information content (AvgIpc) is 2.86. The molecule has 2 heterocycles. The van der Waals surface area contributed by atoms with Gasteiger partial charge in [0.05, 0.1) is 24.0 Å². The zero-order valence-electron chi connectivity index (χ0n) is 10.8. The standard InChI is InChI=1S/C13H17NO4S/c1-2-10-3-4-11(19-10)13(17)14-5-6-18-9(8-14)7-12(15)16/h3-4,9H,2,5-8H2,1H3,(H,15,16)/t9-/m0/s1. The van der Waals surface area contributed by atoms with Crippen LogP contribution in [-0.2, 0) is 16.0 Å². The normalized spacial score (nSPS) is 19.4. The molecule has 2 rings (SSSR count). The number of carboxylic acid groups (broad SMARTS) is 1. The summed E-state index contributed by atoms with van der Waals surface area (Å²) in [6.45, 7) is 3.33. The number of hydrogen-bond acceptors (Lipinski definition) is 4. The van der Waals surface area contributed by atoms with E-state index in [0.717, 1.165) is 6.42 Å². The fraction of sp³-hybridized carbons (Fsp3) is 0.538. The molecule has 1 fully saturated rings. The van der Waals surface area contributed by atoms with E-state index in [4.69, 9.17) is 9.84 Å². The van der Waals surface area contributed by atoms with Crippen molar-refractivity contribution in [3.63, 3.8) is 0 Å². The van der Waals surface area contributed by atoms with E-state index in [-0.39, 0.29) is 12.3 Å². The maximum atomic E-state index is 12.3. The minimum atomic E-state index is -0.899. The first-order valence-electron chi connectivity index (χ1n) is 6.31. The summed E-state index contributed by atoms with van der Waals surface area (Å²) < 4.78 is 5.36. The number of aryl methyl sites for hydroxylation is 1. The summed E-state index contributed by atoms with van der Waals surface area (Å²) in [6, 6.07) is 3.81. The van der Waals surface area contributed by atoms with E-state index in [0.29, 0.717) is 24.6 Å². The van der Waals surface area contributed by atoms with E-state index in [1.807, 2.05) is 12.1 Å². The molecule has 0 aromatic carbocycles. The van der Waals surface area contributed by atoms with Gasteiger partial charge in [0.2, 0.25) is 0 Å². The van der Waals surface area contributed by atoms with Crippen LogP contribution in [0.15, 0.2) is 12.1 Å². The summed E-state index contributed by atoms with van der Waals surface area (Å²) in [5, 5.41) is 8.76. The van der Waals surface area contributed by atoms with Crippen molar-refractivity contribution in [2.24, 2.45) is 0 Å². The molecular formula is C13H17NO4S. The summed E-state index contributed by atoms with van der Waals surface area (Å²) in [5.41, 5.74) is 0. The molecule has 1 atom stereocenters. The Balaban J connectivity index is 2.00. The van der Waals surface area contributed by atoms with Crippen LogP contribution in [0.4, 0.5) is 0 Å². The second-order valence-corrected chi connectivity index (χ2v) is 5.63. The highest BCUT2D eigenvalue weighted by atomic mass is 32.1. The zero-order valence-corrected chi connectivity index (χ0v) is 11.6. The lowest BCUT2D eigenvalue weighted by Crippen LogP contribution is -2.46. The third-order valence-electron chi connectivity index (χ3n) is 3.05. The Bertz CT molecular complexity index is 471. The van der Waals surface area contributed by atoms with E-state index in [1.165, 1.54) is 16.2 Å². The first-order valence-corrected chi connectivity index (χ1v) is 7.13. The highest BCUT2D eigenvalue weighted by Gasteiger charge is 2.27. The van der Waals surface area contributed by atoms with Gasteiger partial charge in [-0.1, -0.05) is 6.92 Å². The van der Waals surface area contributed by atoms with Crippen molar-refractivity contribution in [3.05, 3.63) is 21.9 Å². The summed E-state index contributed by atoms with van der Waals surface area (Å²) in [7, 11) is 0. The lowest BCUT2D eigenvalue weighted by atomic mass is 10.2. The fourth-order valence-corrected chi connectivity index (χ4v) is 2.98. The molecule has 0 aliphatic carbocycles. The van der Waals surface area contributed by atoms with Crippen molar-refractivity contribution in [3.8, 4) is 0 Å². The van der Waals surface area contributed by atoms with Crippen molar-refractivity contribution in [2.75, 3.05) is 19.7 Å². The van der Waals surface area contributed by atoms with Crippen LogP contribution in [0, 0.1) is 0 Å². The van der Waals surface area contributed by atoms with Crippen molar-refractivity contribution < 1.29 is 19.4 Å². The van der Waals surface area contributed by atoms with E-state index in [2.05, 4.69) is 6.92 Å². The van der Waals surface area contributed by atoms with Crippen molar-refractivity contribution in [2.45, 2.75) is 25.9 Å². The molecule has 0 spiro atoms. The molecule has 1 aliphatic rings. The van der Waals surface area contributed by atoms with E-state index in [1.54, 1.807) is 4.90 Å². The minimum absolute atomic E-state index is 0.0246. The highest BCUT2D eigenvalue weighted by molar-refractivity contribution is 7.14. The number of nitrogens with zero attached hydrogens (tertiary/aromatic N) is 1. The van der Waals surface area contributed by atoms with Gasteiger partial charge in [0.25, 0.3) is 5.91 Å². The minimum Gasteiger partial charge on any atom is -0.481 e. The van der Waals surface area contributed by atoms with Gasteiger partial charge in [-0.25, -0.2) is 0 Å². The first kappa shape index (κ1) is 14.0. The lowest BCUT2D eigenvalue weighted by Gasteiger charge is -2.32. The molecule has 1 N–H and O–H groups in total. The number of morpholine rings is 1. The smallest absolute Gasteiger partial charge is 0.306 e. The fourth-order valence-electron chi connectivity index (χ4n) is 2.06. The van der Waals surface area contributed by atoms with Gasteiger partial charge in [-0.2, -0.15) is 0 Å². The number of rotatable bonds is 4. The van der Waals surface area contributed by atoms with Crippen LogP contribution in [0.3, 0.4) is 0 Å². The van der Waals surface area contributed by atoms with Gasteiger partial charge in [0, 0.05) is 18.0 Å². The summed E-state index contributed by atoms with van der Waals surface area (Å²) in [6.07, 6.45) is 0.456. The molecule has 6 heteroatoms. The van der Waals surface area contributed by atoms with E-state index < -0.39 is 12.1 Å². The number of hydrogen-bond donors (Lipinski definition) is 1. The van der Waals surface area contributed by atoms with Crippen LogP contribution in [-0.4, -0.2) is 47.7 Å². The monoisotopic (exact) mass is 283 g/mol. The number of amides is 1. The SMILES string of the molecule is CCc1ccc(C(=O)N2CCO[C@@H](CC(=O)O)C2)s1. The van der Waals surface area contributed by atoms with Gasteiger partial charge in [-0.05, 0) is 18.6 Å². The number of carbonyl (C=O) groups is 2. The predicted molar refractivity (Wildman–Crippen MR) is 71.6 cm³/mol. The van der Waals surface area contributed by atoms with Gasteiger partial charge in [-0.3, -0.25) is 9.59 Å². The molecule has 1 aliphatic heterocycles. The Morgan fingerprint density at radius 3 is 2.95 bits per heavy atom. The topological polar surface area (TPSA) is 66.8 Å². The largest absolute Gasteiger partial charge is 0.481 e. The number of ether oxygens (including phenoxy) is 1. The van der Waals surface area contributed by atoms with Gasteiger partial charge in [0.15, 0.2) is 0 Å². The van der Waals surface area contributed by atoms with E-state index in [9.17, 15) is 9.59 Å². The van der Waals surface area contributed by atoms with E-state index >= 15 is 0 Å². The van der Waals surface area contributed by atoms with Gasteiger partial charge >= 0.3 is 5.97 Å². The Labute approximate surface area is 115 Å². The molecule has 5 nitrogen and oxygen atoms in total. The lowest BCUT2D eigenvalue weighted by molar-refractivity contribution is -0.141. The molecule has 1 saturated heterocycles. The summed E-state index contributed by atoms with van der Waals surface area (Å²) in [4.78, 5) is 26.5. The second kappa shape index (κ2) is 6.16. The summed E-state index contributed by atoms with van der Waals surface area (Å²) in [5.74, 6) is -0.924. The van der Waals surface area contributed by atoms with Crippen molar-refractivity contribution in [1.82, 2.24) is 4.90 Å². The zero-order chi connectivity index (χ0) is 13.8. The van der Waals surface area contributed by atoms with Crippen molar-refractivity contribution >= 4 is 23.2 Å². The number of aliphatic carboxylic acids is 1. The van der Waals surface area contributed by atoms with Crippen LogP contribution < -0.4 is 0 Å². The quantitative estimate of drug-likeness (QED) is 0.912. The van der Waals surface area contributed by atoms with Crippen LogP contribution in [0.25, 0.3) is 0 Å². The second-order valence-electron chi connectivity index (χ2n) is 4.46. The molecule has 1 aromatic heterocycles. The maximum absolute atomic E-state index is 12.3. The van der Waals surface area contributed by atoms with Crippen LogP contribution in [0.1, 0.15) is 27.9 Å². The molecule has 104 valence electrons. The Morgan fingerprint density at radius 2 is 2.32 bits per heavy atom. The molecule has 19 heavy (non-hydrogen) atoms. The van der Waals surface area contributed by atoms with Crippen LogP contribution in [0.5, 0.6) is 0 Å². The Kier molecular flexibility index (Phi) is 4.55. The molecular weight excluding hydrogens is 266 g/mol. The molecule has 0 bridgehead atoms. The predicted octanol–water partition coefficient (Wildman–Crippen LogP) is 1.63. The summed E-state index contributed by atoms with van der Waals surface area (Å²) >= 11 is 1.50. The first-order chi connectivity index (χ1) is 9.10. The number of carbonyl (C=O) groups excluding carboxylic acids is 1. The Morgan fingerprint density at radius 1 is 1.53 bits per heavy atom. The molecule has 1 aromatic rings. The van der Waals surface area contributed by atoms with Gasteiger partial charge < -0.3 is 14.7 Å². The molecule has 0 radical (unpaired) electrons.